The Balaban J connectivity index is 2.28. The number of hydrogen-bond acceptors (Lipinski definition) is 4. The van der Waals surface area contributed by atoms with Gasteiger partial charge in [-0.1, -0.05) is 29.3 Å². The van der Waals surface area contributed by atoms with Crippen LogP contribution in [0.1, 0.15) is 6.42 Å². The van der Waals surface area contributed by atoms with Crippen LogP contribution in [0.3, 0.4) is 0 Å². The molecule has 1 heterocycles. The fourth-order valence-electron chi connectivity index (χ4n) is 2.09. The molecule has 1 aromatic carbocycles. The van der Waals surface area contributed by atoms with E-state index in [1.54, 1.807) is 0 Å². The summed E-state index contributed by atoms with van der Waals surface area (Å²) in [7, 11) is 0. The summed E-state index contributed by atoms with van der Waals surface area (Å²) >= 11 is 11.8. The number of carbonyl (C=O) groups is 3. The highest BCUT2D eigenvalue weighted by Crippen LogP contribution is 2.30. The number of amides is 3. The number of carbonyl (C=O) groups excluding carboxylic acids is 3. The van der Waals surface area contributed by atoms with Crippen LogP contribution in [0.25, 0.3) is 0 Å². The predicted octanol–water partition coefficient (Wildman–Crippen LogP) is 2.20. The van der Waals surface area contributed by atoms with Crippen LogP contribution in [0.4, 0.5) is 5.69 Å². The molecule has 0 radical (unpaired) electrons. The summed E-state index contributed by atoms with van der Waals surface area (Å²) in [6.45, 7) is 3.49. The highest BCUT2D eigenvalue weighted by atomic mass is 35.5. The molecule has 0 spiro atoms. The van der Waals surface area contributed by atoms with Crippen molar-refractivity contribution in [1.82, 2.24) is 5.06 Å². The van der Waals surface area contributed by atoms with Crippen LogP contribution in [0.5, 0.6) is 0 Å². The van der Waals surface area contributed by atoms with Crippen LogP contribution in [0.15, 0.2) is 30.9 Å². The molecule has 1 unspecified atom stereocenters. The molecular formula is C14H12Cl2N2O4. The van der Waals surface area contributed by atoms with Crippen molar-refractivity contribution in [2.24, 2.45) is 0 Å². The first-order chi connectivity index (χ1) is 10.5. The topological polar surface area (TPSA) is 66.9 Å². The van der Waals surface area contributed by atoms with Gasteiger partial charge in [0.25, 0.3) is 5.91 Å². The molecule has 1 atom stereocenters. The Morgan fingerprint density at radius 3 is 2.50 bits per heavy atom. The van der Waals surface area contributed by atoms with Crippen molar-refractivity contribution in [1.29, 1.82) is 0 Å². The minimum Gasteiger partial charge on any atom is -0.276 e. The zero-order valence-corrected chi connectivity index (χ0v) is 12.9. The lowest BCUT2D eigenvalue weighted by molar-refractivity contribution is -0.182. The van der Waals surface area contributed by atoms with E-state index in [0.717, 1.165) is 9.96 Å². The lowest BCUT2D eigenvalue weighted by Gasteiger charge is -2.21. The second-order valence-electron chi connectivity index (χ2n) is 4.46. The van der Waals surface area contributed by atoms with E-state index in [1.807, 2.05) is 0 Å². The molecule has 0 saturated carbocycles. The molecule has 6 nitrogen and oxygen atoms in total. The smallest absolute Gasteiger partial charge is 0.259 e. The van der Waals surface area contributed by atoms with Crippen LogP contribution in [-0.4, -0.2) is 35.9 Å². The maximum atomic E-state index is 12.4. The lowest BCUT2D eigenvalue weighted by Crippen LogP contribution is -2.41. The molecule has 0 aromatic heterocycles. The van der Waals surface area contributed by atoms with E-state index in [4.69, 9.17) is 28.0 Å². The summed E-state index contributed by atoms with van der Waals surface area (Å²) in [4.78, 5) is 41.6. The molecular weight excluding hydrogens is 331 g/mol. The molecule has 1 aromatic rings. The lowest BCUT2D eigenvalue weighted by atomic mass is 10.2. The fourth-order valence-corrected chi connectivity index (χ4v) is 2.60. The van der Waals surface area contributed by atoms with Crippen LogP contribution in [0, 0.1) is 0 Å². The van der Waals surface area contributed by atoms with Crippen molar-refractivity contribution in [3.05, 3.63) is 40.9 Å². The van der Waals surface area contributed by atoms with Crippen LogP contribution in [-0.2, 0) is 19.2 Å². The van der Waals surface area contributed by atoms with Gasteiger partial charge in [0, 0.05) is 10.0 Å². The van der Waals surface area contributed by atoms with E-state index in [2.05, 4.69) is 6.58 Å². The normalized spacial score (nSPS) is 17.7. The van der Waals surface area contributed by atoms with E-state index < -0.39 is 17.9 Å². The number of nitrogens with zero attached hydrogens (tertiary/aromatic N) is 2. The molecule has 0 bridgehead atoms. The second-order valence-corrected chi connectivity index (χ2v) is 5.34. The Morgan fingerprint density at radius 1 is 1.32 bits per heavy atom. The Labute approximate surface area is 136 Å². The number of halogens is 2. The SMILES string of the molecule is C=CCON(C=O)C1CC(=O)N(c2cc(Cl)cc(Cl)c2)C1=O. The molecule has 1 aliphatic rings. The molecule has 116 valence electrons. The standard InChI is InChI=1S/C14H12Cl2N2O4/c1-2-3-22-17(8-19)12-7-13(20)18(14(12)21)11-5-9(15)4-10(16)6-11/h2,4-6,8,12H,1,3,7H2. The summed E-state index contributed by atoms with van der Waals surface area (Å²) in [5.41, 5.74) is 0.254. The van der Waals surface area contributed by atoms with E-state index in [0.29, 0.717) is 16.5 Å². The Bertz CT molecular complexity index is 615. The molecule has 1 aliphatic heterocycles. The van der Waals surface area contributed by atoms with Crippen molar-refractivity contribution < 1.29 is 19.2 Å². The zero-order valence-electron chi connectivity index (χ0n) is 11.4. The first-order valence-electron chi connectivity index (χ1n) is 6.28. The van der Waals surface area contributed by atoms with E-state index in [1.165, 1.54) is 24.3 Å². The first-order valence-corrected chi connectivity index (χ1v) is 7.04. The Hall–Kier alpha value is -1.89. The van der Waals surface area contributed by atoms with Gasteiger partial charge in [-0.15, -0.1) is 6.58 Å². The summed E-state index contributed by atoms with van der Waals surface area (Å²) in [5.74, 6) is -1.05. The van der Waals surface area contributed by atoms with Gasteiger partial charge in [0.05, 0.1) is 18.7 Å². The van der Waals surface area contributed by atoms with Crippen LogP contribution >= 0.6 is 23.2 Å². The largest absolute Gasteiger partial charge is 0.276 e. The third kappa shape index (κ3) is 3.30. The summed E-state index contributed by atoms with van der Waals surface area (Å²) in [6, 6.07) is 3.35. The Kier molecular flexibility index (Phi) is 5.18. The van der Waals surface area contributed by atoms with Crippen molar-refractivity contribution >= 4 is 47.1 Å². The maximum absolute atomic E-state index is 12.4. The number of anilines is 1. The summed E-state index contributed by atoms with van der Waals surface area (Å²) < 4.78 is 0. The highest BCUT2D eigenvalue weighted by molar-refractivity contribution is 6.35. The predicted molar refractivity (Wildman–Crippen MR) is 81.4 cm³/mol. The summed E-state index contributed by atoms with van der Waals surface area (Å²) in [5, 5.41) is 1.40. The molecule has 1 saturated heterocycles. The minimum absolute atomic E-state index is 0.0414. The number of benzene rings is 1. The number of hydroxylamine groups is 2. The zero-order chi connectivity index (χ0) is 16.3. The van der Waals surface area contributed by atoms with Gasteiger partial charge in [-0.2, -0.15) is 0 Å². The number of hydrogen-bond donors (Lipinski definition) is 0. The molecule has 1 fully saturated rings. The molecule has 22 heavy (non-hydrogen) atoms. The van der Waals surface area contributed by atoms with Crippen LogP contribution < -0.4 is 4.90 Å². The molecule has 2 rings (SSSR count). The highest BCUT2D eigenvalue weighted by Gasteiger charge is 2.43. The van der Waals surface area contributed by atoms with E-state index in [9.17, 15) is 14.4 Å². The Morgan fingerprint density at radius 2 is 1.95 bits per heavy atom. The quantitative estimate of drug-likeness (QED) is 0.344. The van der Waals surface area contributed by atoms with Gasteiger partial charge in [-0.3, -0.25) is 19.2 Å². The average molecular weight is 343 g/mol. The molecule has 8 heteroatoms. The van der Waals surface area contributed by atoms with E-state index in [-0.39, 0.29) is 18.7 Å². The summed E-state index contributed by atoms with van der Waals surface area (Å²) in [6.07, 6.45) is 1.60. The fraction of sp³-hybridized carbons (Fsp3) is 0.214. The maximum Gasteiger partial charge on any atom is 0.259 e. The van der Waals surface area contributed by atoms with Crippen LogP contribution in [0.2, 0.25) is 10.0 Å². The third-order valence-corrected chi connectivity index (χ3v) is 3.42. The number of imide groups is 1. The van der Waals surface area contributed by atoms with Crippen molar-refractivity contribution in [2.75, 3.05) is 11.5 Å². The minimum atomic E-state index is -1.03. The molecule has 0 aliphatic carbocycles. The van der Waals surface area contributed by atoms with Gasteiger partial charge in [-0.25, -0.2) is 9.96 Å². The second kappa shape index (κ2) is 6.91. The average Bonchev–Trinajstić information content (AvgIpc) is 2.74. The van der Waals surface area contributed by atoms with Crippen molar-refractivity contribution in [3.63, 3.8) is 0 Å². The molecule has 3 amide bonds. The van der Waals surface area contributed by atoms with Crippen molar-refractivity contribution in [3.8, 4) is 0 Å². The van der Waals surface area contributed by atoms with Crippen molar-refractivity contribution in [2.45, 2.75) is 12.5 Å². The van der Waals surface area contributed by atoms with Gasteiger partial charge in [0.15, 0.2) is 0 Å². The van der Waals surface area contributed by atoms with Gasteiger partial charge in [0.2, 0.25) is 12.3 Å². The number of rotatable bonds is 6. The third-order valence-electron chi connectivity index (χ3n) is 2.98. The monoisotopic (exact) mass is 342 g/mol. The first kappa shape index (κ1) is 16.5. The van der Waals surface area contributed by atoms with Gasteiger partial charge in [0.1, 0.15) is 6.04 Å². The van der Waals surface area contributed by atoms with Gasteiger partial charge < -0.3 is 0 Å². The van der Waals surface area contributed by atoms with Gasteiger partial charge >= 0.3 is 0 Å². The molecule has 0 N–H and O–H groups in total. The van der Waals surface area contributed by atoms with E-state index >= 15 is 0 Å². The van der Waals surface area contributed by atoms with Gasteiger partial charge in [-0.05, 0) is 18.2 Å².